The van der Waals surface area contributed by atoms with Crippen LogP contribution in [0.3, 0.4) is 0 Å². The number of nitrogens with zero attached hydrogens (tertiary/aromatic N) is 2. The fraction of sp³-hybridized carbons (Fsp3) is 0.471. The average molecular weight is 333 g/mol. The van der Waals surface area contributed by atoms with E-state index in [2.05, 4.69) is 4.90 Å². The summed E-state index contributed by atoms with van der Waals surface area (Å²) in [6.45, 7) is 3.75. The molecule has 2 bridgehead atoms. The quantitative estimate of drug-likeness (QED) is 0.801. The van der Waals surface area contributed by atoms with Crippen LogP contribution in [0.2, 0.25) is 5.22 Å². The second kappa shape index (κ2) is 4.65. The first-order valence-electron chi connectivity index (χ1n) is 8.05. The molecule has 6 rings (SSSR count). The highest BCUT2D eigenvalue weighted by Gasteiger charge is 2.55. The summed E-state index contributed by atoms with van der Waals surface area (Å²) in [6, 6.07) is 7.45. The van der Waals surface area contributed by atoms with Crippen LogP contribution >= 0.6 is 11.6 Å². The van der Waals surface area contributed by atoms with Gasteiger partial charge in [0.2, 0.25) is 0 Å². The van der Waals surface area contributed by atoms with Crippen LogP contribution in [0.15, 0.2) is 28.7 Å². The Morgan fingerprint density at radius 1 is 1.17 bits per heavy atom. The number of hydrogen-bond acceptors (Lipinski definition) is 4. The zero-order valence-corrected chi connectivity index (χ0v) is 13.4. The number of anilines is 1. The normalized spacial score (nSPS) is 32.9. The molecule has 1 aromatic carbocycles. The molecule has 1 spiro atoms. The first-order chi connectivity index (χ1) is 11.1. The minimum atomic E-state index is -0.337. The highest BCUT2D eigenvalue weighted by molar-refractivity contribution is 6.29. The standard InChI is InChI=1S/C17H17ClN2O3/c18-15-8-11-7-13(1-2-14(11)22-15)20-10-17(23-16(20)21)9-19-5-3-12(17)4-6-19/h1-2,7-8,12H,3-6,9-10H2/t17-/m1/s1. The Labute approximate surface area is 138 Å². The van der Waals surface area contributed by atoms with E-state index in [1.54, 1.807) is 11.0 Å². The molecule has 2 aromatic rings. The van der Waals surface area contributed by atoms with E-state index in [4.69, 9.17) is 20.8 Å². The fourth-order valence-electron chi connectivity index (χ4n) is 4.38. The average Bonchev–Trinajstić information content (AvgIpc) is 3.07. The highest BCUT2D eigenvalue weighted by atomic mass is 35.5. The van der Waals surface area contributed by atoms with Gasteiger partial charge in [0, 0.05) is 29.6 Å². The van der Waals surface area contributed by atoms with Crippen LogP contribution in [0.25, 0.3) is 11.0 Å². The van der Waals surface area contributed by atoms with Crippen LogP contribution in [-0.4, -0.2) is 42.8 Å². The molecule has 0 aliphatic carbocycles. The Balaban J connectivity index is 1.49. The zero-order valence-electron chi connectivity index (χ0n) is 12.6. The molecule has 6 heteroatoms. The molecular formula is C17H17ClN2O3. The third kappa shape index (κ3) is 2.00. The molecule has 5 nitrogen and oxygen atoms in total. The Hall–Kier alpha value is -1.72. The van der Waals surface area contributed by atoms with Gasteiger partial charge >= 0.3 is 6.09 Å². The number of rotatable bonds is 1. The molecule has 23 heavy (non-hydrogen) atoms. The summed E-state index contributed by atoms with van der Waals surface area (Å²) in [7, 11) is 0. The maximum Gasteiger partial charge on any atom is 0.415 e. The number of benzene rings is 1. The Kier molecular flexibility index (Phi) is 2.77. The maximum atomic E-state index is 12.5. The van der Waals surface area contributed by atoms with Crippen molar-refractivity contribution in [2.75, 3.05) is 31.1 Å². The molecule has 1 atom stereocenters. The van der Waals surface area contributed by atoms with Gasteiger partial charge in [0.25, 0.3) is 0 Å². The summed E-state index contributed by atoms with van der Waals surface area (Å²) in [5, 5.41) is 1.25. The predicted molar refractivity (Wildman–Crippen MR) is 86.9 cm³/mol. The summed E-state index contributed by atoms with van der Waals surface area (Å²) in [4.78, 5) is 16.7. The van der Waals surface area contributed by atoms with Crippen LogP contribution in [-0.2, 0) is 4.74 Å². The van der Waals surface area contributed by atoms with Crippen molar-refractivity contribution in [3.05, 3.63) is 29.5 Å². The molecule has 1 aromatic heterocycles. The van der Waals surface area contributed by atoms with Crippen molar-refractivity contribution in [3.8, 4) is 0 Å². The van der Waals surface area contributed by atoms with Gasteiger partial charge in [0.1, 0.15) is 11.2 Å². The van der Waals surface area contributed by atoms with Gasteiger partial charge in [0.15, 0.2) is 5.22 Å². The van der Waals surface area contributed by atoms with Crippen molar-refractivity contribution in [3.63, 3.8) is 0 Å². The predicted octanol–water partition coefficient (Wildman–Crippen LogP) is 3.51. The van der Waals surface area contributed by atoms with E-state index < -0.39 is 0 Å². The Bertz CT molecular complexity index is 796. The molecule has 4 saturated heterocycles. The minimum Gasteiger partial charge on any atom is -0.445 e. The van der Waals surface area contributed by atoms with E-state index in [0.29, 0.717) is 17.7 Å². The summed E-state index contributed by atoms with van der Waals surface area (Å²) in [6.07, 6.45) is 2.00. The van der Waals surface area contributed by atoms with E-state index in [1.807, 2.05) is 18.2 Å². The molecule has 0 N–H and O–H groups in total. The van der Waals surface area contributed by atoms with Gasteiger partial charge in [-0.05, 0) is 55.7 Å². The first-order valence-corrected chi connectivity index (χ1v) is 8.43. The molecule has 0 unspecified atom stereocenters. The van der Waals surface area contributed by atoms with Crippen molar-refractivity contribution < 1.29 is 13.9 Å². The van der Waals surface area contributed by atoms with E-state index in [0.717, 1.165) is 49.1 Å². The first kappa shape index (κ1) is 13.7. The number of fused-ring (bicyclic) bond motifs is 3. The summed E-state index contributed by atoms with van der Waals surface area (Å²) in [5.41, 5.74) is 1.23. The zero-order chi connectivity index (χ0) is 15.6. The molecule has 4 aliphatic heterocycles. The Morgan fingerprint density at radius 3 is 2.74 bits per heavy atom. The van der Waals surface area contributed by atoms with Crippen molar-refractivity contribution in [2.45, 2.75) is 18.4 Å². The van der Waals surface area contributed by atoms with Crippen molar-refractivity contribution >= 4 is 34.4 Å². The van der Waals surface area contributed by atoms with Crippen molar-refractivity contribution in [2.24, 2.45) is 5.92 Å². The van der Waals surface area contributed by atoms with E-state index in [9.17, 15) is 4.79 Å². The highest BCUT2D eigenvalue weighted by Crippen LogP contribution is 2.43. The van der Waals surface area contributed by atoms with Crippen LogP contribution in [0.4, 0.5) is 10.5 Å². The van der Waals surface area contributed by atoms with Crippen LogP contribution in [0, 0.1) is 5.92 Å². The van der Waals surface area contributed by atoms with Gasteiger partial charge in [-0.25, -0.2) is 4.79 Å². The third-order valence-corrected chi connectivity index (χ3v) is 5.73. The van der Waals surface area contributed by atoms with Gasteiger partial charge in [-0.3, -0.25) is 9.80 Å². The molecule has 4 fully saturated rings. The van der Waals surface area contributed by atoms with Gasteiger partial charge < -0.3 is 9.15 Å². The van der Waals surface area contributed by atoms with Crippen LogP contribution in [0.1, 0.15) is 12.8 Å². The lowest BCUT2D eigenvalue weighted by atomic mass is 9.75. The van der Waals surface area contributed by atoms with Crippen LogP contribution in [0.5, 0.6) is 0 Å². The lowest BCUT2D eigenvalue weighted by Gasteiger charge is -2.49. The van der Waals surface area contributed by atoms with Gasteiger partial charge in [0.05, 0.1) is 6.54 Å². The molecular weight excluding hydrogens is 316 g/mol. The summed E-state index contributed by atoms with van der Waals surface area (Å²) >= 11 is 5.91. The smallest absolute Gasteiger partial charge is 0.415 e. The van der Waals surface area contributed by atoms with E-state index >= 15 is 0 Å². The number of amides is 1. The number of carbonyl (C=O) groups is 1. The summed E-state index contributed by atoms with van der Waals surface area (Å²) < 4.78 is 11.3. The van der Waals surface area contributed by atoms with Gasteiger partial charge in [-0.15, -0.1) is 0 Å². The minimum absolute atomic E-state index is 0.243. The largest absolute Gasteiger partial charge is 0.445 e. The van der Waals surface area contributed by atoms with E-state index in [-0.39, 0.29) is 11.7 Å². The SMILES string of the molecule is O=C1O[C@]2(CN3CCC2CC3)CN1c1ccc2oc(Cl)cc2c1. The number of piperidine rings is 3. The van der Waals surface area contributed by atoms with Crippen molar-refractivity contribution in [1.82, 2.24) is 4.90 Å². The lowest BCUT2D eigenvalue weighted by molar-refractivity contribution is -0.0881. The monoisotopic (exact) mass is 332 g/mol. The fourth-order valence-corrected chi connectivity index (χ4v) is 4.58. The van der Waals surface area contributed by atoms with Gasteiger partial charge in [-0.1, -0.05) is 0 Å². The number of halogens is 1. The second-order valence-electron chi connectivity index (χ2n) is 6.84. The second-order valence-corrected chi connectivity index (χ2v) is 7.21. The topological polar surface area (TPSA) is 45.9 Å². The number of carbonyl (C=O) groups excluding carboxylic acids is 1. The number of ether oxygens (including phenoxy) is 1. The molecule has 4 aliphatic rings. The Morgan fingerprint density at radius 2 is 2.00 bits per heavy atom. The molecule has 0 saturated carbocycles. The van der Waals surface area contributed by atoms with E-state index in [1.165, 1.54) is 0 Å². The molecule has 0 radical (unpaired) electrons. The maximum absolute atomic E-state index is 12.5. The summed E-state index contributed by atoms with van der Waals surface area (Å²) in [5.74, 6) is 0.480. The van der Waals surface area contributed by atoms with Gasteiger partial charge in [-0.2, -0.15) is 0 Å². The number of furan rings is 1. The van der Waals surface area contributed by atoms with Crippen molar-refractivity contribution in [1.29, 1.82) is 0 Å². The molecule has 1 amide bonds. The number of hydrogen-bond donors (Lipinski definition) is 0. The lowest BCUT2D eigenvalue weighted by Crippen LogP contribution is -2.61. The molecule has 120 valence electrons. The van der Waals surface area contributed by atoms with Crippen LogP contribution < -0.4 is 4.90 Å². The third-order valence-electron chi connectivity index (χ3n) is 5.54. The molecule has 5 heterocycles.